The Hall–Kier alpha value is -4.57. The Morgan fingerprint density at radius 1 is 0.462 bits per heavy atom. The largest absolute Gasteiger partial charge is 0.477 e. The number of likely N-dealkylation sites (N-methyl/N-ethyl adjacent to an activating group) is 1. The predicted molar refractivity (Wildman–Crippen MR) is 271 cm³/mol. The number of quaternary nitrogens is 1. The van der Waals surface area contributed by atoms with Gasteiger partial charge >= 0.3 is 17.9 Å². The number of carboxylic acids is 1. The smallest absolute Gasteiger partial charge is 0.361 e. The summed E-state index contributed by atoms with van der Waals surface area (Å²) in [7, 11) is 5.92. The number of unbranched alkanes of at least 4 members (excludes halogenated alkanes) is 5. The summed E-state index contributed by atoms with van der Waals surface area (Å²) in [5, 5.41) is 9.66. The predicted octanol–water partition coefficient (Wildman–Crippen LogP) is 13.6. The van der Waals surface area contributed by atoms with Crippen LogP contribution >= 0.6 is 0 Å². The molecule has 0 heterocycles. The number of nitrogens with zero attached hydrogens (tertiary/aromatic N) is 1. The normalized spacial score (nSPS) is 14.0. The van der Waals surface area contributed by atoms with Crippen LogP contribution in [0.3, 0.4) is 0 Å². The average Bonchev–Trinajstić information content (AvgIpc) is 3.27. The van der Waals surface area contributed by atoms with Gasteiger partial charge in [0.25, 0.3) is 6.29 Å². The number of esters is 2. The lowest BCUT2D eigenvalue weighted by Crippen LogP contribution is -2.40. The van der Waals surface area contributed by atoms with E-state index in [4.69, 9.17) is 18.9 Å². The fourth-order valence-electron chi connectivity index (χ4n) is 5.69. The Bertz CT molecular complexity index is 1520. The summed E-state index contributed by atoms with van der Waals surface area (Å²) in [6, 6.07) is 0. The van der Waals surface area contributed by atoms with Gasteiger partial charge in [-0.25, -0.2) is 4.79 Å². The molecule has 65 heavy (non-hydrogen) atoms. The molecule has 0 bridgehead atoms. The first-order chi connectivity index (χ1) is 31.6. The number of ether oxygens (including phenoxy) is 4. The van der Waals surface area contributed by atoms with Gasteiger partial charge in [0, 0.05) is 12.8 Å². The van der Waals surface area contributed by atoms with Crippen LogP contribution in [0.5, 0.6) is 0 Å². The van der Waals surface area contributed by atoms with Gasteiger partial charge in [-0.2, -0.15) is 0 Å². The number of hydrogen-bond donors (Lipinski definition) is 1. The van der Waals surface area contributed by atoms with Crippen molar-refractivity contribution in [1.82, 2.24) is 0 Å². The molecule has 0 radical (unpaired) electrons. The van der Waals surface area contributed by atoms with Crippen LogP contribution in [0.25, 0.3) is 0 Å². The number of hydrogen-bond acceptors (Lipinski definition) is 7. The third-order valence-corrected chi connectivity index (χ3v) is 9.40. The van der Waals surface area contributed by atoms with Crippen LogP contribution in [0.4, 0.5) is 0 Å². The highest BCUT2D eigenvalue weighted by atomic mass is 16.7. The third kappa shape index (κ3) is 47.2. The van der Waals surface area contributed by atoms with Crippen LogP contribution in [-0.4, -0.2) is 87.4 Å². The molecule has 0 aliphatic heterocycles. The van der Waals surface area contributed by atoms with Gasteiger partial charge in [0.2, 0.25) is 0 Å². The minimum absolute atomic E-state index is 0.164. The first kappa shape index (κ1) is 60.4. The van der Waals surface area contributed by atoms with Crippen LogP contribution in [0, 0.1) is 0 Å². The van der Waals surface area contributed by atoms with E-state index < -0.39 is 30.3 Å². The molecule has 0 rings (SSSR count). The van der Waals surface area contributed by atoms with Crippen molar-refractivity contribution in [2.75, 3.05) is 47.5 Å². The van der Waals surface area contributed by atoms with Gasteiger partial charge in [0.15, 0.2) is 6.10 Å². The molecule has 9 heteroatoms. The highest BCUT2D eigenvalue weighted by Crippen LogP contribution is 2.10. The van der Waals surface area contributed by atoms with Gasteiger partial charge in [0.05, 0.1) is 34.4 Å². The molecule has 0 aromatic rings. The van der Waals surface area contributed by atoms with E-state index in [-0.39, 0.29) is 32.7 Å². The monoisotopic (exact) mass is 903 g/mol. The number of rotatable bonds is 42. The van der Waals surface area contributed by atoms with E-state index in [1.54, 1.807) is 0 Å². The van der Waals surface area contributed by atoms with Crippen molar-refractivity contribution in [1.29, 1.82) is 0 Å². The summed E-state index contributed by atoms with van der Waals surface area (Å²) in [5.41, 5.74) is 0. The van der Waals surface area contributed by atoms with Gasteiger partial charge in [0.1, 0.15) is 13.2 Å². The minimum Gasteiger partial charge on any atom is -0.477 e. The Morgan fingerprint density at radius 2 is 0.831 bits per heavy atom. The Morgan fingerprint density at radius 3 is 1.23 bits per heavy atom. The quantitative estimate of drug-likeness (QED) is 0.0212. The van der Waals surface area contributed by atoms with Crippen molar-refractivity contribution in [2.24, 2.45) is 0 Å². The summed E-state index contributed by atoms with van der Waals surface area (Å²) >= 11 is 0. The van der Waals surface area contributed by atoms with Crippen molar-refractivity contribution in [3.05, 3.63) is 134 Å². The number of aliphatic carboxylic acids is 1. The summed E-state index contributed by atoms with van der Waals surface area (Å²) in [4.78, 5) is 37.2. The number of carbonyl (C=O) groups is 3. The van der Waals surface area contributed by atoms with E-state index >= 15 is 0 Å². The Labute approximate surface area is 395 Å². The van der Waals surface area contributed by atoms with Gasteiger partial charge in [-0.15, -0.1) is 0 Å². The zero-order valence-electron chi connectivity index (χ0n) is 41.1. The van der Waals surface area contributed by atoms with E-state index in [0.717, 1.165) is 103 Å². The standard InChI is InChI=1S/C56H87NO8/c1-6-8-10-12-14-16-18-20-22-24-26-27-29-31-33-35-37-39-41-43-45-47-54(59)65-52(51-64-56(55(60)61)62-49-48-57(3,4)5)50-63-53(58)46-44-42-40-38-36-34-32-30-28-25-23-21-19-17-15-13-11-9-7-2/h8-11,14-17,20-23,26-28,30-31,33-34,36-37,39,52,56H,6-7,12-13,18-19,24-25,29,32,35,38,40-51H2,1-5H3/p+1/b10-8-,11-9-,16-14-,17-15-,22-20-,23-21-,27-26-,30-28-,33-31-,36-34-,39-37-. The molecule has 0 aliphatic rings. The highest BCUT2D eigenvalue weighted by molar-refractivity contribution is 5.71. The van der Waals surface area contributed by atoms with Gasteiger partial charge in [-0.3, -0.25) is 9.59 Å². The molecule has 2 unspecified atom stereocenters. The number of allylic oxidation sites excluding steroid dienone is 22. The molecule has 0 fully saturated rings. The van der Waals surface area contributed by atoms with Crippen molar-refractivity contribution in [3.63, 3.8) is 0 Å². The van der Waals surface area contributed by atoms with Crippen LogP contribution < -0.4 is 0 Å². The van der Waals surface area contributed by atoms with Crippen molar-refractivity contribution in [2.45, 2.75) is 155 Å². The van der Waals surface area contributed by atoms with Gasteiger partial charge < -0.3 is 28.5 Å². The molecule has 2 atom stereocenters. The molecule has 0 amide bonds. The van der Waals surface area contributed by atoms with E-state index in [1.807, 2.05) is 21.1 Å². The third-order valence-electron chi connectivity index (χ3n) is 9.40. The molecule has 0 saturated heterocycles. The zero-order chi connectivity index (χ0) is 47.7. The molecule has 0 spiro atoms. The molecule has 0 saturated carbocycles. The lowest BCUT2D eigenvalue weighted by atomic mass is 10.1. The first-order valence-corrected chi connectivity index (χ1v) is 24.3. The summed E-state index contributed by atoms with van der Waals surface area (Å²) in [6.45, 7) is 4.51. The molecule has 0 aromatic carbocycles. The molecule has 364 valence electrons. The van der Waals surface area contributed by atoms with Crippen LogP contribution in [0.2, 0.25) is 0 Å². The molecule has 9 nitrogen and oxygen atoms in total. The second-order valence-electron chi connectivity index (χ2n) is 16.7. The lowest BCUT2D eigenvalue weighted by molar-refractivity contribution is -0.870. The molecular formula is C56H88NO8+. The lowest BCUT2D eigenvalue weighted by Gasteiger charge is -2.25. The van der Waals surface area contributed by atoms with Crippen molar-refractivity contribution < 1.29 is 42.9 Å². The zero-order valence-corrected chi connectivity index (χ0v) is 41.1. The van der Waals surface area contributed by atoms with E-state index in [9.17, 15) is 19.5 Å². The number of carbonyl (C=O) groups excluding carboxylic acids is 2. The fraction of sp³-hybridized carbons (Fsp3) is 0.554. The fourth-order valence-corrected chi connectivity index (χ4v) is 5.69. The SMILES string of the molecule is CC/C=C\C/C=C\C/C=C\C/C=C\C/C=C\C/C=C\CCCCC(=O)OC(COC(=O)CCCCC/C=C\C/C=C\C/C=C\C/C=C\C/C=C\CC)COC(OCC[N+](C)(C)C)C(=O)O. The molecular weight excluding hydrogens is 815 g/mol. The van der Waals surface area contributed by atoms with E-state index in [2.05, 4.69) is 148 Å². The van der Waals surface area contributed by atoms with E-state index in [0.29, 0.717) is 23.9 Å². The van der Waals surface area contributed by atoms with Crippen LogP contribution in [-0.2, 0) is 33.3 Å². The minimum atomic E-state index is -1.54. The molecule has 0 aromatic heterocycles. The van der Waals surface area contributed by atoms with Crippen molar-refractivity contribution >= 4 is 17.9 Å². The van der Waals surface area contributed by atoms with Crippen LogP contribution in [0.15, 0.2) is 134 Å². The highest BCUT2D eigenvalue weighted by Gasteiger charge is 2.25. The maximum absolute atomic E-state index is 12.8. The average molecular weight is 903 g/mol. The topological polar surface area (TPSA) is 108 Å². The second kappa shape index (κ2) is 46.0. The van der Waals surface area contributed by atoms with Gasteiger partial charge in [-0.05, 0) is 109 Å². The molecule has 0 aliphatic carbocycles. The summed E-state index contributed by atoms with van der Waals surface area (Å²) in [6.07, 6.45) is 62.3. The van der Waals surface area contributed by atoms with Crippen LogP contribution in [0.1, 0.15) is 142 Å². The second-order valence-corrected chi connectivity index (χ2v) is 16.7. The van der Waals surface area contributed by atoms with E-state index in [1.165, 1.54) is 0 Å². The molecule has 1 N–H and O–H groups in total. The first-order valence-electron chi connectivity index (χ1n) is 24.3. The van der Waals surface area contributed by atoms with Gasteiger partial charge in [-0.1, -0.05) is 154 Å². The Kier molecular flexibility index (Phi) is 42.7. The summed E-state index contributed by atoms with van der Waals surface area (Å²) in [5.74, 6) is -2.14. The Balaban J connectivity index is 4.57. The maximum Gasteiger partial charge on any atom is 0.361 e. The van der Waals surface area contributed by atoms with Crippen molar-refractivity contribution in [3.8, 4) is 0 Å². The number of carboxylic acid groups (broad SMARTS) is 1. The maximum atomic E-state index is 12.8. The summed E-state index contributed by atoms with van der Waals surface area (Å²) < 4.78 is 22.7.